The number of thioether (sulfide) groups is 2. The summed E-state index contributed by atoms with van der Waals surface area (Å²) in [7, 11) is 0. The molecular formula is C11H10F3N3O2S2. The molecule has 0 atom stereocenters. The molecular weight excluding hydrogens is 327 g/mol. The second-order valence-electron chi connectivity index (χ2n) is 3.87. The van der Waals surface area contributed by atoms with Crippen LogP contribution in [0.15, 0.2) is 23.5 Å². The Kier molecular flexibility index (Phi) is 4.99. The van der Waals surface area contributed by atoms with Gasteiger partial charge < -0.3 is 9.67 Å². The summed E-state index contributed by atoms with van der Waals surface area (Å²) in [6, 6.07) is 3.34. The molecule has 0 saturated heterocycles. The minimum absolute atomic E-state index is 0.0552. The number of aliphatic carboxylic acids is 1. The largest absolute Gasteiger partial charge is 0.481 e. The van der Waals surface area contributed by atoms with Crippen molar-refractivity contribution in [2.24, 2.45) is 0 Å². The molecule has 0 aliphatic rings. The van der Waals surface area contributed by atoms with Gasteiger partial charge in [0, 0.05) is 18.5 Å². The Hall–Kier alpha value is -1.42. The zero-order valence-electron chi connectivity index (χ0n) is 10.5. The average molecular weight is 337 g/mol. The van der Waals surface area contributed by atoms with Crippen LogP contribution in [-0.4, -0.2) is 42.6 Å². The van der Waals surface area contributed by atoms with Crippen LogP contribution in [0.2, 0.25) is 0 Å². The van der Waals surface area contributed by atoms with E-state index in [0.29, 0.717) is 16.3 Å². The Balaban J connectivity index is 2.21. The predicted molar refractivity (Wildman–Crippen MR) is 74.4 cm³/mol. The zero-order chi connectivity index (χ0) is 15.5. The molecule has 0 aliphatic carbocycles. The van der Waals surface area contributed by atoms with Crippen molar-refractivity contribution in [2.75, 3.05) is 11.5 Å². The summed E-state index contributed by atoms with van der Waals surface area (Å²) in [6.07, 6.45) is 1.52. The van der Waals surface area contributed by atoms with E-state index in [9.17, 15) is 18.0 Å². The quantitative estimate of drug-likeness (QED) is 0.818. The summed E-state index contributed by atoms with van der Waals surface area (Å²) in [6.45, 7) is 0.0552. The van der Waals surface area contributed by atoms with Crippen LogP contribution in [0.3, 0.4) is 0 Å². The number of hydrogen-bond donors (Lipinski definition) is 1. The fourth-order valence-corrected chi connectivity index (χ4v) is 2.88. The van der Waals surface area contributed by atoms with Crippen LogP contribution in [0.1, 0.15) is 0 Å². The highest BCUT2D eigenvalue weighted by molar-refractivity contribution is 8.00. The lowest BCUT2D eigenvalue weighted by Gasteiger charge is -2.09. The van der Waals surface area contributed by atoms with E-state index in [1.807, 2.05) is 0 Å². The number of fused-ring (bicyclic) bond motifs is 1. The third kappa shape index (κ3) is 4.53. The molecule has 0 aromatic carbocycles. The van der Waals surface area contributed by atoms with Gasteiger partial charge in [0.05, 0.1) is 5.75 Å². The maximum absolute atomic E-state index is 12.2. The molecule has 1 N–H and O–H groups in total. The lowest BCUT2D eigenvalue weighted by Crippen LogP contribution is -2.09. The molecule has 0 spiro atoms. The summed E-state index contributed by atoms with van der Waals surface area (Å²) < 4.78 is 38.1. The number of halogens is 3. The van der Waals surface area contributed by atoms with Gasteiger partial charge in [-0.05, 0) is 23.9 Å². The number of alkyl halides is 3. The van der Waals surface area contributed by atoms with E-state index < -0.39 is 11.5 Å². The smallest absolute Gasteiger partial charge is 0.441 e. The molecule has 0 amide bonds. The summed E-state index contributed by atoms with van der Waals surface area (Å²) in [5.74, 6) is -1.42. The number of nitrogens with zero attached hydrogens (tertiary/aromatic N) is 3. The standard InChI is InChI=1S/C11H10F3N3O2S2/c12-11(13,14)21-5-4-17-9-7(2-1-3-15-9)16-10(17)20-6-8(18)19/h1-3H,4-6H2,(H,18,19). The number of carboxylic acid groups (broad SMARTS) is 1. The Labute approximate surface area is 125 Å². The van der Waals surface area contributed by atoms with Crippen LogP contribution in [0, 0.1) is 0 Å². The fraction of sp³-hybridized carbons (Fsp3) is 0.364. The van der Waals surface area contributed by atoms with Crippen molar-refractivity contribution in [2.45, 2.75) is 17.2 Å². The lowest BCUT2D eigenvalue weighted by molar-refractivity contribution is -0.133. The molecule has 10 heteroatoms. The maximum atomic E-state index is 12.2. The second kappa shape index (κ2) is 6.56. The van der Waals surface area contributed by atoms with Crippen molar-refractivity contribution in [1.82, 2.24) is 14.5 Å². The molecule has 0 radical (unpaired) electrons. The van der Waals surface area contributed by atoms with Crippen LogP contribution in [0.4, 0.5) is 13.2 Å². The van der Waals surface area contributed by atoms with Gasteiger partial charge in [-0.15, -0.1) is 0 Å². The second-order valence-corrected chi connectivity index (χ2v) is 5.97. The van der Waals surface area contributed by atoms with Gasteiger partial charge in [0.2, 0.25) is 0 Å². The molecule has 2 aromatic heterocycles. The minimum Gasteiger partial charge on any atom is -0.481 e. The molecule has 2 heterocycles. The normalized spacial score (nSPS) is 12.0. The number of aromatic nitrogens is 3. The highest BCUT2D eigenvalue weighted by Crippen LogP contribution is 2.31. The minimum atomic E-state index is -4.29. The topological polar surface area (TPSA) is 68.0 Å². The first-order chi connectivity index (χ1) is 9.87. The zero-order valence-corrected chi connectivity index (χ0v) is 12.1. The average Bonchev–Trinajstić information content (AvgIpc) is 2.73. The molecule has 2 rings (SSSR count). The highest BCUT2D eigenvalue weighted by atomic mass is 32.2. The SMILES string of the molecule is O=C(O)CSc1nc2cccnc2n1CCSC(F)(F)F. The lowest BCUT2D eigenvalue weighted by atomic mass is 10.4. The van der Waals surface area contributed by atoms with E-state index in [0.717, 1.165) is 11.8 Å². The van der Waals surface area contributed by atoms with Gasteiger partial charge in [0.15, 0.2) is 10.8 Å². The van der Waals surface area contributed by atoms with E-state index in [2.05, 4.69) is 9.97 Å². The first-order valence-electron chi connectivity index (χ1n) is 5.73. The van der Waals surface area contributed by atoms with Gasteiger partial charge in [-0.3, -0.25) is 4.79 Å². The molecule has 0 fully saturated rings. The van der Waals surface area contributed by atoms with Crippen molar-refractivity contribution in [3.05, 3.63) is 18.3 Å². The first kappa shape index (κ1) is 16.0. The number of carbonyl (C=O) groups is 1. The maximum Gasteiger partial charge on any atom is 0.441 e. The van der Waals surface area contributed by atoms with Crippen LogP contribution in [0.5, 0.6) is 0 Å². The van der Waals surface area contributed by atoms with Crippen LogP contribution in [0.25, 0.3) is 11.2 Å². The van der Waals surface area contributed by atoms with Crippen LogP contribution >= 0.6 is 23.5 Å². The Morgan fingerprint density at radius 1 is 1.43 bits per heavy atom. The molecule has 2 aromatic rings. The molecule has 0 aliphatic heterocycles. The van der Waals surface area contributed by atoms with Crippen LogP contribution in [-0.2, 0) is 11.3 Å². The molecule has 114 valence electrons. The fourth-order valence-electron chi connectivity index (χ4n) is 1.63. The third-order valence-corrected chi connectivity index (χ3v) is 4.05. The van der Waals surface area contributed by atoms with Crippen LogP contribution < -0.4 is 0 Å². The summed E-state index contributed by atoms with van der Waals surface area (Å²) in [5, 5.41) is 9.05. The summed E-state index contributed by atoms with van der Waals surface area (Å²) in [4.78, 5) is 18.9. The van der Waals surface area contributed by atoms with Crippen molar-refractivity contribution >= 4 is 40.7 Å². The van der Waals surface area contributed by atoms with Gasteiger partial charge in [-0.2, -0.15) is 13.2 Å². The van der Waals surface area contributed by atoms with E-state index in [4.69, 9.17) is 5.11 Å². The van der Waals surface area contributed by atoms with E-state index in [-0.39, 0.29) is 29.8 Å². The van der Waals surface area contributed by atoms with Gasteiger partial charge in [0.1, 0.15) is 5.52 Å². The highest BCUT2D eigenvalue weighted by Gasteiger charge is 2.28. The van der Waals surface area contributed by atoms with Crippen molar-refractivity contribution in [3.8, 4) is 0 Å². The van der Waals surface area contributed by atoms with Crippen molar-refractivity contribution < 1.29 is 23.1 Å². The molecule has 5 nitrogen and oxygen atoms in total. The Bertz CT molecular complexity index is 645. The van der Waals surface area contributed by atoms with Crippen molar-refractivity contribution in [3.63, 3.8) is 0 Å². The summed E-state index contributed by atoms with van der Waals surface area (Å²) in [5.41, 5.74) is -3.31. The summed E-state index contributed by atoms with van der Waals surface area (Å²) >= 11 is 0.832. The Morgan fingerprint density at radius 3 is 2.86 bits per heavy atom. The van der Waals surface area contributed by atoms with Gasteiger partial charge >= 0.3 is 11.5 Å². The number of hydrogen-bond acceptors (Lipinski definition) is 5. The predicted octanol–water partition coefficient (Wildman–Crippen LogP) is 2.86. The van der Waals surface area contributed by atoms with Gasteiger partial charge in [-0.1, -0.05) is 11.8 Å². The molecule has 21 heavy (non-hydrogen) atoms. The number of imidazole rings is 1. The number of aryl methyl sites for hydroxylation is 1. The first-order valence-corrected chi connectivity index (χ1v) is 7.70. The van der Waals surface area contributed by atoms with E-state index in [1.165, 1.54) is 10.8 Å². The number of rotatable bonds is 6. The molecule has 0 saturated carbocycles. The third-order valence-electron chi connectivity index (χ3n) is 2.37. The number of pyridine rings is 1. The van der Waals surface area contributed by atoms with Gasteiger partial charge in [-0.25, -0.2) is 9.97 Å². The molecule has 0 unspecified atom stereocenters. The Morgan fingerprint density at radius 2 is 2.19 bits per heavy atom. The van der Waals surface area contributed by atoms with E-state index >= 15 is 0 Å². The van der Waals surface area contributed by atoms with Crippen molar-refractivity contribution in [1.29, 1.82) is 0 Å². The monoisotopic (exact) mass is 337 g/mol. The van der Waals surface area contributed by atoms with E-state index in [1.54, 1.807) is 12.1 Å². The van der Waals surface area contributed by atoms with Gasteiger partial charge in [0.25, 0.3) is 0 Å². The number of carboxylic acids is 1. The molecule has 0 bridgehead atoms.